The van der Waals surface area contributed by atoms with Gasteiger partial charge in [-0.05, 0) is 34.7 Å². The van der Waals surface area contributed by atoms with E-state index in [1.54, 1.807) is 4.90 Å². The molecule has 0 radical (unpaired) electrons. The van der Waals surface area contributed by atoms with Gasteiger partial charge in [0.1, 0.15) is 5.60 Å². The van der Waals surface area contributed by atoms with Crippen LogP contribution in [-0.2, 0) is 4.74 Å². The molecular formula is C12H24N2O3. The van der Waals surface area contributed by atoms with Crippen LogP contribution in [0.4, 0.5) is 4.79 Å². The first-order chi connectivity index (χ1) is 7.74. The van der Waals surface area contributed by atoms with E-state index < -0.39 is 5.60 Å². The number of rotatable bonds is 3. The number of ether oxygens (including phenoxy) is 1. The molecule has 0 unspecified atom stereocenters. The first kappa shape index (κ1) is 14.3. The molecule has 17 heavy (non-hydrogen) atoms. The molecule has 1 rings (SSSR count). The Morgan fingerprint density at radius 1 is 1.53 bits per heavy atom. The molecule has 0 saturated carbocycles. The summed E-state index contributed by atoms with van der Waals surface area (Å²) in [7, 11) is 1.97. The number of hydrogen-bond donors (Lipinski definition) is 1. The Bertz CT molecular complexity index is 269. The van der Waals surface area contributed by atoms with Gasteiger partial charge in [0.25, 0.3) is 0 Å². The highest BCUT2D eigenvalue weighted by molar-refractivity contribution is 5.69. The van der Waals surface area contributed by atoms with Crippen molar-refractivity contribution in [2.75, 3.05) is 26.7 Å². The van der Waals surface area contributed by atoms with Gasteiger partial charge in [-0.15, -0.1) is 0 Å². The minimum absolute atomic E-state index is 0.126. The van der Waals surface area contributed by atoms with E-state index in [-0.39, 0.29) is 18.7 Å². The lowest BCUT2D eigenvalue weighted by atomic mass is 10.1. The lowest BCUT2D eigenvalue weighted by Crippen LogP contribution is -2.62. The summed E-state index contributed by atoms with van der Waals surface area (Å²) >= 11 is 0. The largest absolute Gasteiger partial charge is 0.444 e. The molecule has 5 heteroatoms. The second-order valence-electron chi connectivity index (χ2n) is 5.74. The second-order valence-corrected chi connectivity index (χ2v) is 5.74. The number of nitrogens with zero attached hydrogens (tertiary/aromatic N) is 2. The zero-order valence-electron chi connectivity index (χ0n) is 11.4. The fraction of sp³-hybridized carbons (Fsp3) is 0.917. The van der Waals surface area contributed by atoms with Crippen molar-refractivity contribution in [1.29, 1.82) is 0 Å². The molecule has 1 saturated heterocycles. The van der Waals surface area contributed by atoms with Crippen molar-refractivity contribution < 1.29 is 14.6 Å². The maximum atomic E-state index is 11.7. The Morgan fingerprint density at radius 2 is 2.06 bits per heavy atom. The van der Waals surface area contributed by atoms with Crippen LogP contribution in [0, 0.1) is 0 Å². The summed E-state index contributed by atoms with van der Waals surface area (Å²) in [6, 6.07) is 0.449. The van der Waals surface area contributed by atoms with E-state index in [1.807, 2.05) is 34.7 Å². The van der Waals surface area contributed by atoms with Gasteiger partial charge in [-0.1, -0.05) is 0 Å². The number of amides is 1. The van der Waals surface area contributed by atoms with Gasteiger partial charge in [-0.25, -0.2) is 4.79 Å². The van der Waals surface area contributed by atoms with Crippen molar-refractivity contribution in [2.24, 2.45) is 0 Å². The molecular weight excluding hydrogens is 220 g/mol. The number of likely N-dealkylation sites (N-methyl/N-ethyl adjacent to an activating group) is 1. The Kier molecular flexibility index (Phi) is 4.38. The zero-order valence-corrected chi connectivity index (χ0v) is 11.4. The maximum absolute atomic E-state index is 11.7. The lowest BCUT2D eigenvalue weighted by Gasteiger charge is -2.45. The number of likely N-dealkylation sites (tertiary alicyclic amines) is 1. The quantitative estimate of drug-likeness (QED) is 0.802. The SMILES string of the molecule is C[C@@H](CO)N(C)C1CN(C(=O)OC(C)(C)C)C1. The Labute approximate surface area is 103 Å². The van der Waals surface area contributed by atoms with Crippen LogP contribution in [0.15, 0.2) is 0 Å². The first-order valence-corrected chi connectivity index (χ1v) is 6.05. The molecule has 1 amide bonds. The number of carbonyl (C=O) groups is 1. The normalized spacial score (nSPS) is 19.1. The van der Waals surface area contributed by atoms with Gasteiger partial charge in [0.15, 0.2) is 0 Å². The third-order valence-corrected chi connectivity index (χ3v) is 3.05. The van der Waals surface area contributed by atoms with Gasteiger partial charge in [-0.2, -0.15) is 0 Å². The van der Waals surface area contributed by atoms with E-state index in [0.717, 1.165) is 0 Å². The van der Waals surface area contributed by atoms with Crippen LogP contribution < -0.4 is 0 Å². The highest BCUT2D eigenvalue weighted by atomic mass is 16.6. The van der Waals surface area contributed by atoms with Gasteiger partial charge < -0.3 is 14.7 Å². The summed E-state index contributed by atoms with van der Waals surface area (Å²) in [5.41, 5.74) is -0.438. The first-order valence-electron chi connectivity index (χ1n) is 6.05. The molecule has 0 aliphatic carbocycles. The van der Waals surface area contributed by atoms with E-state index in [4.69, 9.17) is 9.84 Å². The Hall–Kier alpha value is -0.810. The van der Waals surface area contributed by atoms with Crippen LogP contribution in [0.5, 0.6) is 0 Å². The molecule has 0 aromatic heterocycles. The van der Waals surface area contributed by atoms with E-state index in [0.29, 0.717) is 19.1 Å². The number of aliphatic hydroxyl groups excluding tert-OH is 1. The van der Waals surface area contributed by atoms with Crippen LogP contribution in [0.1, 0.15) is 27.7 Å². The van der Waals surface area contributed by atoms with Crippen LogP contribution in [0.25, 0.3) is 0 Å². The topological polar surface area (TPSA) is 53.0 Å². The van der Waals surface area contributed by atoms with E-state index in [1.165, 1.54) is 0 Å². The average Bonchev–Trinajstić information content (AvgIpc) is 2.10. The summed E-state index contributed by atoms with van der Waals surface area (Å²) < 4.78 is 5.28. The molecule has 1 atom stereocenters. The predicted molar refractivity (Wildman–Crippen MR) is 65.9 cm³/mol. The van der Waals surface area contributed by atoms with Crippen LogP contribution in [0.2, 0.25) is 0 Å². The standard InChI is InChI=1S/C12H24N2O3/c1-9(8-15)13(5)10-6-14(7-10)11(16)17-12(2,3)4/h9-10,15H,6-8H2,1-5H3/t9-/m0/s1. The minimum Gasteiger partial charge on any atom is -0.444 e. The molecule has 0 spiro atoms. The second kappa shape index (κ2) is 5.23. The summed E-state index contributed by atoms with van der Waals surface area (Å²) in [6.07, 6.45) is -0.251. The van der Waals surface area contributed by atoms with Gasteiger partial charge >= 0.3 is 6.09 Å². The van der Waals surface area contributed by atoms with Crippen molar-refractivity contribution in [2.45, 2.75) is 45.4 Å². The number of hydrogen-bond acceptors (Lipinski definition) is 4. The van der Waals surface area contributed by atoms with Crippen molar-refractivity contribution in [3.63, 3.8) is 0 Å². The third-order valence-electron chi connectivity index (χ3n) is 3.05. The number of aliphatic hydroxyl groups is 1. The van der Waals surface area contributed by atoms with Gasteiger partial charge in [0, 0.05) is 25.2 Å². The summed E-state index contributed by atoms with van der Waals surface area (Å²) in [5.74, 6) is 0. The smallest absolute Gasteiger partial charge is 0.410 e. The van der Waals surface area contributed by atoms with E-state index >= 15 is 0 Å². The van der Waals surface area contributed by atoms with Gasteiger partial charge in [0.05, 0.1) is 6.61 Å². The minimum atomic E-state index is -0.438. The fourth-order valence-electron chi connectivity index (χ4n) is 1.68. The molecule has 100 valence electrons. The maximum Gasteiger partial charge on any atom is 0.410 e. The molecule has 0 aromatic carbocycles. The lowest BCUT2D eigenvalue weighted by molar-refractivity contribution is -0.0210. The van der Waals surface area contributed by atoms with Gasteiger partial charge in [0.2, 0.25) is 0 Å². The summed E-state index contributed by atoms with van der Waals surface area (Å²) in [4.78, 5) is 15.5. The molecule has 5 nitrogen and oxygen atoms in total. The van der Waals surface area contributed by atoms with E-state index in [9.17, 15) is 4.79 Å². The Balaban J connectivity index is 2.34. The Morgan fingerprint density at radius 3 is 2.47 bits per heavy atom. The molecule has 1 fully saturated rings. The highest BCUT2D eigenvalue weighted by Crippen LogP contribution is 2.19. The molecule has 1 heterocycles. The van der Waals surface area contributed by atoms with Crippen LogP contribution in [-0.4, -0.2) is 65.4 Å². The van der Waals surface area contributed by atoms with Crippen molar-refractivity contribution in [3.8, 4) is 0 Å². The summed E-state index contributed by atoms with van der Waals surface area (Å²) in [5, 5.41) is 9.05. The molecule has 1 N–H and O–H groups in total. The molecule has 0 aromatic rings. The van der Waals surface area contributed by atoms with Crippen LogP contribution in [0.3, 0.4) is 0 Å². The van der Waals surface area contributed by atoms with Gasteiger partial charge in [-0.3, -0.25) is 4.90 Å². The average molecular weight is 244 g/mol. The highest BCUT2D eigenvalue weighted by Gasteiger charge is 2.36. The predicted octanol–water partition coefficient (Wildman–Crippen LogP) is 0.918. The zero-order chi connectivity index (χ0) is 13.2. The fourth-order valence-corrected chi connectivity index (χ4v) is 1.68. The molecule has 1 aliphatic heterocycles. The summed E-state index contributed by atoms with van der Waals surface area (Å²) in [6.45, 7) is 9.05. The monoisotopic (exact) mass is 244 g/mol. The van der Waals surface area contributed by atoms with Crippen molar-refractivity contribution in [1.82, 2.24) is 9.80 Å². The molecule has 0 bridgehead atoms. The van der Waals surface area contributed by atoms with Crippen molar-refractivity contribution in [3.05, 3.63) is 0 Å². The third kappa shape index (κ3) is 3.85. The van der Waals surface area contributed by atoms with Crippen molar-refractivity contribution >= 4 is 6.09 Å². The number of carbonyl (C=O) groups excluding carboxylic acids is 1. The molecule has 1 aliphatic rings. The van der Waals surface area contributed by atoms with Crippen LogP contribution >= 0.6 is 0 Å². The van der Waals surface area contributed by atoms with E-state index in [2.05, 4.69) is 4.90 Å².